The number of carbonyl (C=O) groups excluding carboxylic acids is 2. The molecule has 2 aromatic carbocycles. The fourth-order valence-electron chi connectivity index (χ4n) is 6.55. The second-order valence-electron chi connectivity index (χ2n) is 12.1. The van der Waals surface area contributed by atoms with E-state index in [0.717, 1.165) is 63.3 Å². The molecule has 0 bridgehead atoms. The van der Waals surface area contributed by atoms with E-state index in [9.17, 15) is 9.59 Å². The molecule has 5 aromatic rings. The van der Waals surface area contributed by atoms with Crippen LogP contribution in [0.1, 0.15) is 46.3 Å². The average molecular weight is 609 g/mol. The van der Waals surface area contributed by atoms with Crippen LogP contribution in [0.4, 0.5) is 0 Å². The van der Waals surface area contributed by atoms with Gasteiger partial charge in [0.1, 0.15) is 17.3 Å². The summed E-state index contributed by atoms with van der Waals surface area (Å²) >= 11 is 0. The normalized spacial score (nSPS) is 14.1. The third kappa shape index (κ3) is 5.66. The van der Waals surface area contributed by atoms with Gasteiger partial charge in [-0.25, -0.2) is 4.98 Å². The van der Waals surface area contributed by atoms with Gasteiger partial charge in [-0.15, -0.1) is 0 Å². The number of ether oxygens (including phenoxy) is 2. The minimum Gasteiger partial charge on any atom is -0.496 e. The van der Waals surface area contributed by atoms with E-state index >= 15 is 0 Å². The summed E-state index contributed by atoms with van der Waals surface area (Å²) < 4.78 is 15.4. The Hall–Kier alpha value is -4.70. The van der Waals surface area contributed by atoms with Crippen molar-refractivity contribution in [2.75, 3.05) is 47.9 Å². The van der Waals surface area contributed by atoms with Gasteiger partial charge in [0.05, 0.1) is 48.9 Å². The van der Waals surface area contributed by atoms with E-state index in [1.165, 1.54) is 0 Å². The van der Waals surface area contributed by atoms with Crippen molar-refractivity contribution in [1.82, 2.24) is 28.7 Å². The molecule has 1 fully saturated rings. The number of ketones is 1. The van der Waals surface area contributed by atoms with Crippen molar-refractivity contribution < 1.29 is 19.1 Å². The molecule has 45 heavy (non-hydrogen) atoms. The lowest BCUT2D eigenvalue weighted by Crippen LogP contribution is -2.42. The number of likely N-dealkylation sites (tertiary alicyclic amines) is 1. The highest BCUT2D eigenvalue weighted by molar-refractivity contribution is 6.02. The van der Waals surface area contributed by atoms with Crippen molar-refractivity contribution in [1.29, 1.82) is 0 Å². The molecule has 4 heterocycles. The largest absolute Gasteiger partial charge is 0.496 e. The molecule has 0 unspecified atom stereocenters. The van der Waals surface area contributed by atoms with Gasteiger partial charge in [0.25, 0.3) is 0 Å². The lowest BCUT2D eigenvalue weighted by Gasteiger charge is -2.32. The first-order valence-corrected chi connectivity index (χ1v) is 15.3. The van der Waals surface area contributed by atoms with Crippen molar-refractivity contribution in [3.63, 3.8) is 0 Å². The Balaban J connectivity index is 1.29. The van der Waals surface area contributed by atoms with E-state index < -0.39 is 0 Å². The Labute approximate surface area is 263 Å². The van der Waals surface area contributed by atoms with Crippen molar-refractivity contribution in [3.05, 3.63) is 77.6 Å². The molecule has 6 rings (SSSR count). The van der Waals surface area contributed by atoms with Crippen molar-refractivity contribution in [2.45, 2.75) is 32.1 Å². The number of piperidine rings is 1. The van der Waals surface area contributed by atoms with Crippen LogP contribution in [0.2, 0.25) is 0 Å². The number of imidazole rings is 1. The van der Waals surface area contributed by atoms with Crippen LogP contribution in [0.15, 0.2) is 54.9 Å². The molecule has 1 aliphatic rings. The number of benzene rings is 2. The van der Waals surface area contributed by atoms with Crippen LogP contribution in [0.25, 0.3) is 27.7 Å². The van der Waals surface area contributed by atoms with Gasteiger partial charge in [-0.1, -0.05) is 18.2 Å². The number of Topliss-reactive ketones (excluding diaryl/α,β-unsaturated/α-hetero) is 1. The molecule has 3 aromatic heterocycles. The number of likely N-dealkylation sites (N-methyl/N-ethyl adjacent to an activating group) is 1. The molecule has 0 spiro atoms. The van der Waals surface area contributed by atoms with Gasteiger partial charge >= 0.3 is 0 Å². The van der Waals surface area contributed by atoms with E-state index in [2.05, 4.69) is 9.38 Å². The lowest BCUT2D eigenvalue weighted by molar-refractivity contribution is -0.132. The maximum Gasteiger partial charge on any atom is 0.236 e. The Morgan fingerprint density at radius 1 is 1.02 bits per heavy atom. The zero-order chi connectivity index (χ0) is 31.8. The van der Waals surface area contributed by atoms with E-state index in [0.29, 0.717) is 31.1 Å². The average Bonchev–Trinajstić information content (AvgIpc) is 3.60. The first-order valence-electron chi connectivity index (χ1n) is 15.3. The molecule has 1 aliphatic heterocycles. The molecular formula is C35H40N6O4. The summed E-state index contributed by atoms with van der Waals surface area (Å²) in [7, 11) is 9.00. The minimum atomic E-state index is -0.00743. The van der Waals surface area contributed by atoms with Crippen molar-refractivity contribution in [2.24, 2.45) is 7.05 Å². The second-order valence-corrected chi connectivity index (χ2v) is 12.1. The first-order chi connectivity index (χ1) is 21.7. The third-order valence-electron chi connectivity index (χ3n) is 8.89. The number of fused-ring (bicyclic) bond motifs is 2. The monoisotopic (exact) mass is 608 g/mol. The van der Waals surface area contributed by atoms with Crippen LogP contribution in [0, 0.1) is 6.92 Å². The summed E-state index contributed by atoms with van der Waals surface area (Å²) in [6.45, 7) is 3.85. The number of aryl methyl sites for hydroxylation is 2. The topological polar surface area (TPSA) is 94.2 Å². The molecule has 10 nitrogen and oxygen atoms in total. The molecule has 0 aliphatic carbocycles. The summed E-state index contributed by atoms with van der Waals surface area (Å²) in [6, 6.07) is 13.6. The van der Waals surface area contributed by atoms with Gasteiger partial charge in [0, 0.05) is 61.4 Å². The van der Waals surface area contributed by atoms with Gasteiger partial charge in [0.15, 0.2) is 5.78 Å². The van der Waals surface area contributed by atoms with E-state index in [4.69, 9.17) is 14.5 Å². The van der Waals surface area contributed by atoms with Crippen LogP contribution in [-0.4, -0.2) is 88.4 Å². The molecular weight excluding hydrogens is 568 g/mol. The van der Waals surface area contributed by atoms with Crippen LogP contribution < -0.4 is 9.47 Å². The van der Waals surface area contributed by atoms with Crippen LogP contribution in [0.5, 0.6) is 11.5 Å². The maximum atomic E-state index is 13.6. The van der Waals surface area contributed by atoms with Gasteiger partial charge in [-0.2, -0.15) is 0 Å². The molecule has 0 radical (unpaired) electrons. The van der Waals surface area contributed by atoms with E-state index in [-0.39, 0.29) is 24.0 Å². The SMILES string of the molecule is COc1cc(-c2nc(C3CCN(C(=O)CN(C)C)CC3)n3ccnc(C)c23)ccc1CC(=O)c1cc2c(OC)cccc2n1C. The predicted octanol–water partition coefficient (Wildman–Crippen LogP) is 4.91. The predicted molar refractivity (Wildman–Crippen MR) is 174 cm³/mol. The summed E-state index contributed by atoms with van der Waals surface area (Å²) in [5, 5.41) is 0.908. The molecule has 0 atom stereocenters. The van der Waals surface area contributed by atoms with Gasteiger partial charge < -0.3 is 23.8 Å². The Morgan fingerprint density at radius 2 is 1.78 bits per heavy atom. The number of amides is 1. The fourth-order valence-corrected chi connectivity index (χ4v) is 6.55. The van der Waals surface area contributed by atoms with E-state index in [1.807, 2.05) is 97.3 Å². The third-order valence-corrected chi connectivity index (χ3v) is 8.89. The number of carbonyl (C=O) groups is 2. The quantitative estimate of drug-likeness (QED) is 0.220. The molecule has 1 saturated heterocycles. The number of methoxy groups -OCH3 is 2. The summed E-state index contributed by atoms with van der Waals surface area (Å²) in [5.74, 6) is 2.73. The summed E-state index contributed by atoms with van der Waals surface area (Å²) in [4.78, 5) is 39.9. The van der Waals surface area contributed by atoms with Gasteiger partial charge in [-0.3, -0.25) is 19.0 Å². The second kappa shape index (κ2) is 12.4. The summed E-state index contributed by atoms with van der Waals surface area (Å²) in [5.41, 5.74) is 5.92. The zero-order valence-electron chi connectivity index (χ0n) is 26.8. The standard InChI is InChI=1S/C35H40N6O4/c1-22-34-33(37-35(41(34)17-14-36-22)23-12-15-40(16-13-23)32(43)21-38(2)3)25-11-10-24(31(19-25)45-6)18-29(42)28-20-26-27(39(28)4)8-7-9-30(26)44-5/h7-11,14,17,19-20,23H,12-13,15-16,18,21H2,1-6H3. The minimum absolute atomic E-state index is 0.00743. The smallest absolute Gasteiger partial charge is 0.236 e. The van der Waals surface area contributed by atoms with Gasteiger partial charge in [-0.05, 0) is 58.1 Å². The van der Waals surface area contributed by atoms with Crippen molar-refractivity contribution in [3.8, 4) is 22.8 Å². The van der Waals surface area contributed by atoms with Crippen molar-refractivity contribution >= 4 is 28.1 Å². The molecule has 0 N–H and O–H groups in total. The number of hydrogen-bond donors (Lipinski definition) is 0. The van der Waals surface area contributed by atoms with E-state index in [1.54, 1.807) is 14.2 Å². The first kappa shape index (κ1) is 30.3. The summed E-state index contributed by atoms with van der Waals surface area (Å²) in [6.07, 6.45) is 5.68. The highest BCUT2D eigenvalue weighted by atomic mass is 16.5. The van der Waals surface area contributed by atoms with Crippen LogP contribution in [-0.2, 0) is 18.3 Å². The molecule has 10 heteroatoms. The fraction of sp³-hybridized carbons (Fsp3) is 0.371. The molecule has 1 amide bonds. The highest BCUT2D eigenvalue weighted by Crippen LogP contribution is 2.36. The maximum absolute atomic E-state index is 13.6. The Kier molecular flexibility index (Phi) is 8.33. The number of nitrogens with zero attached hydrogens (tertiary/aromatic N) is 6. The Bertz CT molecular complexity index is 1900. The van der Waals surface area contributed by atoms with Crippen LogP contribution in [0.3, 0.4) is 0 Å². The van der Waals surface area contributed by atoms with Crippen LogP contribution >= 0.6 is 0 Å². The molecule has 234 valence electrons. The number of aromatic nitrogens is 4. The molecule has 0 saturated carbocycles. The zero-order valence-corrected chi connectivity index (χ0v) is 26.8. The highest BCUT2D eigenvalue weighted by Gasteiger charge is 2.29. The lowest BCUT2D eigenvalue weighted by atomic mass is 9.96. The Morgan fingerprint density at radius 3 is 2.49 bits per heavy atom. The number of rotatable bonds is 9. The van der Waals surface area contributed by atoms with Gasteiger partial charge in [0.2, 0.25) is 5.91 Å². The number of hydrogen-bond acceptors (Lipinski definition) is 7.